The van der Waals surface area contributed by atoms with Crippen molar-refractivity contribution in [3.8, 4) is 0 Å². The molecule has 2 bridgehead atoms. The molecule has 9 N–H and O–H groups in total. The molecule has 5 heterocycles. The maximum Gasteiger partial charge on any atom is 0.187 e. The summed E-state index contributed by atoms with van der Waals surface area (Å²) in [5.74, 6) is -0.0364. The Labute approximate surface area is 376 Å². The molecule has 4 aliphatic carbocycles. The van der Waals surface area contributed by atoms with Gasteiger partial charge in [0.25, 0.3) is 0 Å². The lowest BCUT2D eigenvalue weighted by Gasteiger charge is -2.70. The molecule has 17 heteroatoms. The van der Waals surface area contributed by atoms with Gasteiger partial charge >= 0.3 is 0 Å². The average molecular weight is 913 g/mol. The van der Waals surface area contributed by atoms with E-state index >= 15 is 0 Å². The van der Waals surface area contributed by atoms with Crippen LogP contribution in [0, 0.1) is 45.3 Å². The topological polar surface area (TPSA) is 256 Å². The molecule has 5 saturated heterocycles. The van der Waals surface area contributed by atoms with Gasteiger partial charge in [-0.1, -0.05) is 39.3 Å². The number of hydrogen-bond acceptors (Lipinski definition) is 17. The minimum atomic E-state index is -1.79. The molecule has 9 fully saturated rings. The van der Waals surface area contributed by atoms with Crippen LogP contribution in [0.4, 0.5) is 0 Å². The van der Waals surface area contributed by atoms with Crippen LogP contribution in [0.15, 0.2) is 11.6 Å². The lowest BCUT2D eigenvalue weighted by molar-refractivity contribution is -0.388. The van der Waals surface area contributed by atoms with E-state index in [0.29, 0.717) is 25.4 Å². The molecule has 0 aromatic heterocycles. The van der Waals surface area contributed by atoms with Crippen LogP contribution in [0.3, 0.4) is 0 Å². The SMILES string of the molecule is CC(C)=C[C@@H]1C[C@](C)(O)[C@H]2[C@H]3CC[C@H]4[C@@]5(C)CC[C@H](O[C@@H]6OC[C@H](O)[C@H](O[C@@H]7O[C@H](CO)[C@@H](O)[C@H](O)[C@H]7O)[C@H]6O[C@@H]6O[C@@H](C)[C@@H](O)[C@@H](O)[C@H]6O)C(C)(C)[C@H]5CC[C@]4(C)[C@@]34CO[C@@]2(C4)O1. The van der Waals surface area contributed by atoms with Crippen molar-refractivity contribution >= 4 is 0 Å². The van der Waals surface area contributed by atoms with E-state index in [4.69, 9.17) is 37.9 Å². The summed E-state index contributed by atoms with van der Waals surface area (Å²) in [5, 5.41) is 97.7. The Morgan fingerprint density at radius 3 is 2.09 bits per heavy atom. The second kappa shape index (κ2) is 16.6. The normalized spacial score (nSPS) is 57.8. The van der Waals surface area contributed by atoms with Gasteiger partial charge in [0.15, 0.2) is 24.7 Å². The molecule has 0 aromatic carbocycles. The van der Waals surface area contributed by atoms with E-state index < -0.39 is 116 Å². The van der Waals surface area contributed by atoms with Crippen LogP contribution in [-0.2, 0) is 37.9 Å². The summed E-state index contributed by atoms with van der Waals surface area (Å²) < 4.78 is 51.0. The van der Waals surface area contributed by atoms with Crippen molar-refractivity contribution in [1.29, 1.82) is 0 Å². The minimum absolute atomic E-state index is 0.0656. The van der Waals surface area contributed by atoms with Crippen LogP contribution in [0.1, 0.15) is 107 Å². The summed E-state index contributed by atoms with van der Waals surface area (Å²) in [4.78, 5) is 0. The van der Waals surface area contributed by atoms with Crippen LogP contribution in [0.2, 0.25) is 0 Å². The highest BCUT2D eigenvalue weighted by atomic mass is 16.8. The molecule has 0 aromatic rings. The number of rotatable bonds is 8. The first kappa shape index (κ1) is 48.1. The Balaban J connectivity index is 0.974. The van der Waals surface area contributed by atoms with Gasteiger partial charge in [-0.25, -0.2) is 0 Å². The van der Waals surface area contributed by atoms with Crippen molar-refractivity contribution < 1.29 is 83.9 Å². The van der Waals surface area contributed by atoms with Gasteiger partial charge in [0.2, 0.25) is 0 Å². The van der Waals surface area contributed by atoms with Gasteiger partial charge in [-0.05, 0) is 100 Å². The number of hydrogen-bond donors (Lipinski definition) is 9. The van der Waals surface area contributed by atoms with Crippen LogP contribution >= 0.6 is 0 Å². The van der Waals surface area contributed by atoms with Gasteiger partial charge in [0, 0.05) is 24.2 Å². The minimum Gasteiger partial charge on any atom is -0.394 e. The zero-order valence-corrected chi connectivity index (χ0v) is 38.7. The average Bonchev–Trinajstić information content (AvgIpc) is 3.74. The molecule has 366 valence electrons. The van der Waals surface area contributed by atoms with Crippen LogP contribution in [0.5, 0.6) is 0 Å². The predicted octanol–water partition coefficient (Wildman–Crippen LogP) is 0.994. The number of ether oxygens (including phenoxy) is 8. The highest BCUT2D eigenvalue weighted by Crippen LogP contribution is 2.80. The van der Waals surface area contributed by atoms with Crippen LogP contribution < -0.4 is 0 Å². The van der Waals surface area contributed by atoms with E-state index in [-0.39, 0.29) is 46.7 Å². The number of aliphatic hydroxyl groups is 9. The van der Waals surface area contributed by atoms with Gasteiger partial charge in [-0.15, -0.1) is 0 Å². The zero-order valence-electron chi connectivity index (χ0n) is 38.7. The summed E-state index contributed by atoms with van der Waals surface area (Å²) in [6, 6.07) is 0. The van der Waals surface area contributed by atoms with E-state index in [1.807, 2.05) is 6.92 Å². The molecule has 64 heavy (non-hydrogen) atoms. The van der Waals surface area contributed by atoms with Crippen molar-refractivity contribution in [3.63, 3.8) is 0 Å². The molecular weight excluding hydrogens is 836 g/mol. The second-order valence-corrected chi connectivity index (χ2v) is 23.0. The number of fused-ring (bicyclic) bond motifs is 4. The molecule has 5 aliphatic heterocycles. The molecule has 9 aliphatic rings. The molecule has 2 spiro atoms. The fraction of sp³-hybridized carbons (Fsp3) is 0.957. The maximum absolute atomic E-state index is 12.2. The van der Waals surface area contributed by atoms with Gasteiger partial charge < -0.3 is 83.9 Å². The monoisotopic (exact) mass is 913 g/mol. The van der Waals surface area contributed by atoms with Crippen molar-refractivity contribution in [2.24, 2.45) is 45.3 Å². The summed E-state index contributed by atoms with van der Waals surface area (Å²) in [6.07, 6.45) is -12.6. The second-order valence-electron chi connectivity index (χ2n) is 23.0. The Hall–Kier alpha value is -0.940. The van der Waals surface area contributed by atoms with Gasteiger partial charge in [-0.3, -0.25) is 0 Å². The summed E-state index contributed by atoms with van der Waals surface area (Å²) in [5.41, 5.74) is -0.471. The largest absolute Gasteiger partial charge is 0.394 e. The fourth-order valence-corrected chi connectivity index (χ4v) is 15.8. The van der Waals surface area contributed by atoms with Crippen molar-refractivity contribution in [1.82, 2.24) is 0 Å². The van der Waals surface area contributed by atoms with E-state index in [0.717, 1.165) is 44.1 Å². The van der Waals surface area contributed by atoms with Crippen molar-refractivity contribution in [2.75, 3.05) is 19.8 Å². The zero-order chi connectivity index (χ0) is 46.3. The first-order valence-electron chi connectivity index (χ1n) is 23.9. The van der Waals surface area contributed by atoms with Crippen molar-refractivity contribution in [2.45, 2.75) is 216 Å². The molecular formula is C47H76O17. The van der Waals surface area contributed by atoms with Gasteiger partial charge in [0.05, 0.1) is 43.7 Å². The first-order chi connectivity index (χ1) is 29.9. The summed E-state index contributed by atoms with van der Waals surface area (Å²) in [6.45, 7) is 16.7. The molecule has 9 rings (SSSR count). The third-order valence-corrected chi connectivity index (χ3v) is 18.7. The lowest BCUT2D eigenvalue weighted by Crippen LogP contribution is -2.68. The van der Waals surface area contributed by atoms with Gasteiger partial charge in [-0.2, -0.15) is 0 Å². The summed E-state index contributed by atoms with van der Waals surface area (Å²) >= 11 is 0. The molecule has 25 atom stereocenters. The Morgan fingerprint density at radius 1 is 0.734 bits per heavy atom. The van der Waals surface area contributed by atoms with E-state index in [2.05, 4.69) is 47.6 Å². The number of aliphatic hydroxyl groups excluding tert-OH is 8. The molecule has 0 radical (unpaired) electrons. The van der Waals surface area contributed by atoms with Crippen LogP contribution in [-0.4, -0.2) is 175 Å². The highest BCUT2D eigenvalue weighted by molar-refractivity contribution is 5.26. The standard InChI is InChI=1S/C47H76O17/c1-21(2)15-23-16-45(8,56)38-24-9-10-28-43(6)13-12-29(42(4,5)27(43)11-14-44(28,7)46(24)19-47(38,64-23)58-20-46)61-41-37(63-39-34(54)32(52)30(50)22(3)59-39)36(25(49)18-57-41)62-40-35(55)33(53)31(51)26(17-48)60-40/h15,22-41,48-56H,9-14,16-20H2,1-8H3/t22-,23+,24+,25-,26+,27+,28-,29-,30+,31+,32+,33-,34+,35+,36-,37+,38+,39-,40-,41-,43-,44-,45-,46-,47-/m0/s1. The Morgan fingerprint density at radius 2 is 1.41 bits per heavy atom. The Kier molecular flexibility index (Phi) is 12.5. The van der Waals surface area contributed by atoms with E-state index in [1.54, 1.807) is 0 Å². The van der Waals surface area contributed by atoms with Crippen LogP contribution in [0.25, 0.3) is 0 Å². The number of allylic oxidation sites excluding steroid dienone is 1. The third-order valence-electron chi connectivity index (χ3n) is 18.7. The fourth-order valence-electron chi connectivity index (χ4n) is 15.8. The Bertz CT molecular complexity index is 1740. The molecule has 4 saturated carbocycles. The van der Waals surface area contributed by atoms with Crippen molar-refractivity contribution in [3.05, 3.63) is 11.6 Å². The smallest absolute Gasteiger partial charge is 0.187 e. The highest BCUT2D eigenvalue weighted by Gasteiger charge is 2.81. The molecule has 17 nitrogen and oxygen atoms in total. The summed E-state index contributed by atoms with van der Waals surface area (Å²) in [7, 11) is 0. The van der Waals surface area contributed by atoms with Gasteiger partial charge in [0.1, 0.15) is 61.0 Å². The van der Waals surface area contributed by atoms with E-state index in [9.17, 15) is 46.0 Å². The predicted molar refractivity (Wildman–Crippen MR) is 223 cm³/mol. The quantitative estimate of drug-likeness (QED) is 0.122. The first-order valence-corrected chi connectivity index (χ1v) is 23.9. The van der Waals surface area contributed by atoms with E-state index in [1.165, 1.54) is 6.92 Å². The third kappa shape index (κ3) is 7.19. The lowest BCUT2D eigenvalue weighted by atomic mass is 9.35. The molecule has 0 unspecified atom stereocenters. The maximum atomic E-state index is 12.2. The molecule has 0 amide bonds.